The Balaban J connectivity index is 1.24. The van der Waals surface area contributed by atoms with E-state index in [1.54, 1.807) is 7.11 Å². The molecule has 32 heavy (non-hydrogen) atoms. The molecule has 0 atom stereocenters. The number of carbonyl (C=O) groups excluding carboxylic acids is 1. The van der Waals surface area contributed by atoms with Crippen LogP contribution in [0.15, 0.2) is 71.3 Å². The number of anilines is 1. The minimum absolute atomic E-state index is 0.0401. The molecule has 1 aliphatic rings. The molecule has 5 rings (SSSR count). The van der Waals surface area contributed by atoms with Gasteiger partial charge in [-0.1, -0.05) is 29.4 Å². The van der Waals surface area contributed by atoms with Crippen molar-refractivity contribution in [2.75, 3.05) is 38.2 Å². The minimum atomic E-state index is 0.0401. The number of hydrogen-bond acceptors (Lipinski definition) is 7. The summed E-state index contributed by atoms with van der Waals surface area (Å²) in [5.41, 5.74) is 1.98. The Morgan fingerprint density at radius 1 is 1.00 bits per heavy atom. The molecule has 7 nitrogen and oxygen atoms in total. The molecule has 0 unspecified atom stereocenters. The van der Waals surface area contributed by atoms with E-state index in [2.05, 4.69) is 21.1 Å². The molecule has 0 spiro atoms. The first-order valence-electron chi connectivity index (χ1n) is 10.4. The van der Waals surface area contributed by atoms with Gasteiger partial charge in [-0.15, -0.1) is 11.3 Å². The second-order valence-electron chi connectivity index (χ2n) is 7.43. The molecule has 0 saturated carbocycles. The van der Waals surface area contributed by atoms with Gasteiger partial charge in [-0.3, -0.25) is 4.79 Å². The summed E-state index contributed by atoms with van der Waals surface area (Å²) in [6, 6.07) is 21.4. The van der Waals surface area contributed by atoms with Crippen molar-refractivity contribution in [3.05, 3.63) is 71.6 Å². The van der Waals surface area contributed by atoms with E-state index in [1.165, 1.54) is 11.3 Å². The van der Waals surface area contributed by atoms with Crippen LogP contribution in [0.5, 0.6) is 5.75 Å². The summed E-state index contributed by atoms with van der Waals surface area (Å²) in [4.78, 5) is 23.2. The fourth-order valence-electron chi connectivity index (χ4n) is 3.73. The SMILES string of the molecule is COc1cccc(N2CCN(C(=O)c3ccc(-c4noc(-c5ccccc5)n4)s3)CC2)c1. The number of thiophene rings is 1. The zero-order chi connectivity index (χ0) is 21.9. The Bertz CT molecular complexity index is 1210. The van der Waals surface area contributed by atoms with Gasteiger partial charge >= 0.3 is 0 Å². The van der Waals surface area contributed by atoms with Gasteiger partial charge in [-0.05, 0) is 36.4 Å². The number of nitrogens with zero attached hydrogens (tertiary/aromatic N) is 4. The highest BCUT2D eigenvalue weighted by atomic mass is 32.1. The summed E-state index contributed by atoms with van der Waals surface area (Å²) in [6.07, 6.45) is 0. The van der Waals surface area contributed by atoms with E-state index in [4.69, 9.17) is 9.26 Å². The van der Waals surface area contributed by atoms with Crippen LogP contribution in [0.1, 0.15) is 9.67 Å². The Kier molecular flexibility index (Phi) is 5.60. The molecular weight excluding hydrogens is 424 g/mol. The zero-order valence-corrected chi connectivity index (χ0v) is 18.4. The van der Waals surface area contributed by atoms with Gasteiger partial charge in [0.2, 0.25) is 5.82 Å². The van der Waals surface area contributed by atoms with Crippen LogP contribution >= 0.6 is 11.3 Å². The van der Waals surface area contributed by atoms with E-state index in [-0.39, 0.29) is 5.91 Å². The Hall–Kier alpha value is -3.65. The standard InChI is InChI=1S/C24H22N4O3S/c1-30-19-9-5-8-18(16-19)27-12-14-28(15-13-27)24(29)21-11-10-20(32-21)22-25-23(31-26-22)17-6-3-2-4-7-17/h2-11,16H,12-15H2,1H3. The Morgan fingerprint density at radius 2 is 1.81 bits per heavy atom. The van der Waals surface area contributed by atoms with Gasteiger partial charge < -0.3 is 19.1 Å². The molecule has 1 fully saturated rings. The molecule has 1 amide bonds. The van der Waals surface area contributed by atoms with Crippen molar-refractivity contribution in [2.24, 2.45) is 0 Å². The van der Waals surface area contributed by atoms with E-state index in [0.29, 0.717) is 29.7 Å². The summed E-state index contributed by atoms with van der Waals surface area (Å²) >= 11 is 1.39. The molecule has 4 aromatic rings. The van der Waals surface area contributed by atoms with Crippen LogP contribution in [0.3, 0.4) is 0 Å². The van der Waals surface area contributed by atoms with Crippen LogP contribution < -0.4 is 9.64 Å². The van der Waals surface area contributed by atoms with Gasteiger partial charge in [0, 0.05) is 43.5 Å². The first kappa shape index (κ1) is 20.3. The molecule has 3 heterocycles. The lowest BCUT2D eigenvalue weighted by Crippen LogP contribution is -2.48. The van der Waals surface area contributed by atoms with Gasteiger partial charge in [0.05, 0.1) is 16.9 Å². The van der Waals surface area contributed by atoms with E-state index >= 15 is 0 Å². The van der Waals surface area contributed by atoms with Crippen LogP contribution in [-0.4, -0.2) is 54.2 Å². The lowest BCUT2D eigenvalue weighted by molar-refractivity contribution is 0.0751. The lowest BCUT2D eigenvalue weighted by Gasteiger charge is -2.36. The molecule has 2 aromatic carbocycles. The predicted octanol–water partition coefficient (Wildman–Crippen LogP) is 4.44. The average molecular weight is 447 g/mol. The van der Waals surface area contributed by atoms with Crippen LogP contribution in [0, 0.1) is 0 Å². The van der Waals surface area contributed by atoms with Gasteiger partial charge in [0.25, 0.3) is 11.8 Å². The number of amides is 1. The molecule has 0 aliphatic carbocycles. The highest BCUT2D eigenvalue weighted by Crippen LogP contribution is 2.29. The summed E-state index contributed by atoms with van der Waals surface area (Å²) in [5.74, 6) is 1.84. The number of aromatic nitrogens is 2. The molecular formula is C24H22N4O3S. The molecule has 0 N–H and O–H groups in total. The van der Waals surface area contributed by atoms with Crippen LogP contribution in [-0.2, 0) is 0 Å². The number of piperazine rings is 1. The highest BCUT2D eigenvalue weighted by Gasteiger charge is 2.24. The lowest BCUT2D eigenvalue weighted by atomic mass is 10.2. The molecule has 162 valence electrons. The van der Waals surface area contributed by atoms with Crippen LogP contribution in [0.25, 0.3) is 22.2 Å². The smallest absolute Gasteiger partial charge is 0.264 e. The number of ether oxygens (including phenoxy) is 1. The van der Waals surface area contributed by atoms with Crippen molar-refractivity contribution in [2.45, 2.75) is 0 Å². The topological polar surface area (TPSA) is 71.7 Å². The fraction of sp³-hybridized carbons (Fsp3) is 0.208. The fourth-order valence-corrected chi connectivity index (χ4v) is 4.63. The number of benzene rings is 2. The van der Waals surface area contributed by atoms with E-state index in [0.717, 1.165) is 35.0 Å². The largest absolute Gasteiger partial charge is 0.497 e. The maximum absolute atomic E-state index is 13.0. The third-order valence-corrected chi connectivity index (χ3v) is 6.54. The number of hydrogen-bond donors (Lipinski definition) is 0. The average Bonchev–Trinajstić information content (AvgIpc) is 3.54. The molecule has 1 aliphatic heterocycles. The number of rotatable bonds is 5. The number of methoxy groups -OCH3 is 1. The second kappa shape index (κ2) is 8.84. The van der Waals surface area contributed by atoms with Gasteiger partial charge in [-0.25, -0.2) is 0 Å². The number of carbonyl (C=O) groups is 1. The third kappa shape index (κ3) is 4.09. The van der Waals surface area contributed by atoms with Crippen molar-refractivity contribution >= 4 is 22.9 Å². The summed E-state index contributed by atoms with van der Waals surface area (Å²) < 4.78 is 10.7. The van der Waals surface area contributed by atoms with Crippen molar-refractivity contribution in [3.8, 4) is 27.9 Å². The summed E-state index contributed by atoms with van der Waals surface area (Å²) in [6.45, 7) is 2.90. The molecule has 0 bridgehead atoms. The van der Waals surface area contributed by atoms with Crippen molar-refractivity contribution < 1.29 is 14.1 Å². The van der Waals surface area contributed by atoms with Gasteiger partial charge in [0.1, 0.15) is 5.75 Å². The monoisotopic (exact) mass is 446 g/mol. The zero-order valence-electron chi connectivity index (χ0n) is 17.6. The Morgan fingerprint density at radius 3 is 2.59 bits per heavy atom. The first-order chi connectivity index (χ1) is 15.7. The summed E-state index contributed by atoms with van der Waals surface area (Å²) in [5, 5.41) is 4.09. The molecule has 8 heteroatoms. The maximum Gasteiger partial charge on any atom is 0.264 e. The molecule has 0 radical (unpaired) electrons. The minimum Gasteiger partial charge on any atom is -0.497 e. The molecule has 1 saturated heterocycles. The van der Waals surface area contributed by atoms with Crippen LogP contribution in [0.4, 0.5) is 5.69 Å². The van der Waals surface area contributed by atoms with E-state index in [9.17, 15) is 4.79 Å². The van der Waals surface area contributed by atoms with Gasteiger partial charge in [-0.2, -0.15) is 4.98 Å². The normalized spacial score (nSPS) is 13.9. The van der Waals surface area contributed by atoms with Crippen LogP contribution in [0.2, 0.25) is 0 Å². The van der Waals surface area contributed by atoms with E-state index in [1.807, 2.05) is 65.6 Å². The Labute approximate surface area is 189 Å². The van der Waals surface area contributed by atoms with Gasteiger partial charge in [0.15, 0.2) is 0 Å². The van der Waals surface area contributed by atoms with E-state index < -0.39 is 0 Å². The van der Waals surface area contributed by atoms with Crippen molar-refractivity contribution in [1.82, 2.24) is 15.0 Å². The third-order valence-electron chi connectivity index (χ3n) is 5.47. The van der Waals surface area contributed by atoms with Crippen molar-refractivity contribution in [3.63, 3.8) is 0 Å². The first-order valence-corrected chi connectivity index (χ1v) is 11.2. The van der Waals surface area contributed by atoms with Crippen molar-refractivity contribution in [1.29, 1.82) is 0 Å². The predicted molar refractivity (Wildman–Crippen MR) is 124 cm³/mol. The maximum atomic E-state index is 13.0. The quantitative estimate of drug-likeness (QED) is 0.451. The molecule has 2 aromatic heterocycles. The highest BCUT2D eigenvalue weighted by molar-refractivity contribution is 7.17. The second-order valence-corrected chi connectivity index (χ2v) is 8.52. The summed E-state index contributed by atoms with van der Waals surface area (Å²) in [7, 11) is 1.67.